The van der Waals surface area contributed by atoms with Crippen LogP contribution < -0.4 is 5.73 Å². The molecule has 1 heterocycles. The first-order chi connectivity index (χ1) is 8.22. The van der Waals surface area contributed by atoms with E-state index in [1.165, 1.54) is 11.3 Å². The number of nitrogens with zero attached hydrogens (tertiary/aromatic N) is 2. The first-order valence-corrected chi connectivity index (χ1v) is 6.51. The Kier molecular flexibility index (Phi) is 3.97. The molecule has 0 bridgehead atoms. The third-order valence-electron chi connectivity index (χ3n) is 2.81. The Bertz CT molecular complexity index is 505. The largest absolute Gasteiger partial charge is 0.330 e. The minimum Gasteiger partial charge on any atom is -0.330 e. The van der Waals surface area contributed by atoms with E-state index in [0.29, 0.717) is 0 Å². The first-order valence-electron chi connectivity index (χ1n) is 5.72. The number of hydrogen-bond donors (Lipinski definition) is 1. The minimum atomic E-state index is 0.724. The van der Waals surface area contributed by atoms with Gasteiger partial charge in [0, 0.05) is 10.2 Å². The lowest BCUT2D eigenvalue weighted by atomic mass is 10.1. The monoisotopic (exact) mass is 293 g/mol. The summed E-state index contributed by atoms with van der Waals surface area (Å²) >= 11 is 3.48. The predicted octanol–water partition coefficient (Wildman–Crippen LogP) is 2.83. The Labute approximate surface area is 110 Å². The van der Waals surface area contributed by atoms with Gasteiger partial charge in [0.25, 0.3) is 0 Å². The molecule has 0 saturated heterocycles. The van der Waals surface area contributed by atoms with Gasteiger partial charge in [0.2, 0.25) is 0 Å². The Balaban J connectivity index is 2.30. The van der Waals surface area contributed by atoms with Gasteiger partial charge in [-0.1, -0.05) is 22.0 Å². The van der Waals surface area contributed by atoms with Crippen molar-refractivity contribution in [1.29, 1.82) is 0 Å². The molecule has 0 aliphatic heterocycles. The van der Waals surface area contributed by atoms with Gasteiger partial charge in [-0.3, -0.25) is 0 Å². The second-order valence-corrected chi connectivity index (χ2v) is 4.95. The molecule has 0 spiro atoms. The molecule has 0 aliphatic carbocycles. The predicted molar refractivity (Wildman–Crippen MR) is 73.4 cm³/mol. The molecule has 2 rings (SSSR count). The molecule has 1 aromatic carbocycles. The molecule has 90 valence electrons. The van der Waals surface area contributed by atoms with E-state index in [4.69, 9.17) is 5.73 Å². The fraction of sp³-hybridized carbons (Fsp3) is 0.308. The van der Waals surface area contributed by atoms with Crippen molar-refractivity contribution in [1.82, 2.24) is 9.78 Å². The van der Waals surface area contributed by atoms with Crippen LogP contribution in [-0.4, -0.2) is 16.3 Å². The van der Waals surface area contributed by atoms with Gasteiger partial charge in [0.15, 0.2) is 0 Å². The topological polar surface area (TPSA) is 43.8 Å². The summed E-state index contributed by atoms with van der Waals surface area (Å²) in [5, 5.41) is 4.44. The van der Waals surface area contributed by atoms with E-state index in [1.54, 1.807) is 0 Å². The zero-order chi connectivity index (χ0) is 12.3. The van der Waals surface area contributed by atoms with Gasteiger partial charge >= 0.3 is 0 Å². The molecule has 2 N–H and O–H groups in total. The summed E-state index contributed by atoms with van der Waals surface area (Å²) in [4.78, 5) is 0. The van der Waals surface area contributed by atoms with Crippen molar-refractivity contribution in [2.24, 2.45) is 5.73 Å². The molecular formula is C13H16BrN3. The maximum atomic E-state index is 5.53. The summed E-state index contributed by atoms with van der Waals surface area (Å²) in [5.74, 6) is 0. The van der Waals surface area contributed by atoms with Crippen LogP contribution in [0, 0.1) is 6.92 Å². The van der Waals surface area contributed by atoms with E-state index in [-0.39, 0.29) is 0 Å². The van der Waals surface area contributed by atoms with Crippen molar-refractivity contribution in [2.45, 2.75) is 19.8 Å². The Morgan fingerprint density at radius 2 is 2.24 bits per heavy atom. The summed E-state index contributed by atoms with van der Waals surface area (Å²) in [6.07, 6.45) is 3.94. The Morgan fingerprint density at radius 1 is 1.41 bits per heavy atom. The van der Waals surface area contributed by atoms with Crippen molar-refractivity contribution >= 4 is 15.9 Å². The fourth-order valence-corrected chi connectivity index (χ4v) is 2.24. The van der Waals surface area contributed by atoms with E-state index < -0.39 is 0 Å². The molecule has 17 heavy (non-hydrogen) atoms. The van der Waals surface area contributed by atoms with Gasteiger partial charge in [-0.15, -0.1) is 0 Å². The average molecular weight is 294 g/mol. The summed E-state index contributed by atoms with van der Waals surface area (Å²) in [5.41, 5.74) is 9.08. The zero-order valence-corrected chi connectivity index (χ0v) is 11.4. The number of benzene rings is 1. The molecule has 4 heteroatoms. The van der Waals surface area contributed by atoms with Gasteiger partial charge in [-0.05, 0) is 50.1 Å². The molecule has 0 atom stereocenters. The van der Waals surface area contributed by atoms with Crippen molar-refractivity contribution in [3.63, 3.8) is 0 Å². The fourth-order valence-electron chi connectivity index (χ4n) is 1.85. The highest BCUT2D eigenvalue weighted by atomic mass is 79.9. The third-order valence-corrected chi connectivity index (χ3v) is 3.31. The second kappa shape index (κ2) is 5.47. The molecule has 0 fully saturated rings. The van der Waals surface area contributed by atoms with Crippen molar-refractivity contribution in [2.75, 3.05) is 6.54 Å². The number of nitrogens with two attached hydrogens (primary N) is 1. The van der Waals surface area contributed by atoms with Crippen LogP contribution in [0.2, 0.25) is 0 Å². The number of rotatable bonds is 4. The molecule has 0 unspecified atom stereocenters. The SMILES string of the molecule is Cc1c(CCCN)cnn1-c1cccc(Br)c1. The first kappa shape index (κ1) is 12.3. The lowest BCUT2D eigenvalue weighted by molar-refractivity contribution is 0.815. The van der Waals surface area contributed by atoms with Crippen LogP contribution in [0.3, 0.4) is 0 Å². The molecule has 3 nitrogen and oxygen atoms in total. The second-order valence-electron chi connectivity index (χ2n) is 4.04. The summed E-state index contributed by atoms with van der Waals surface area (Å²) < 4.78 is 3.03. The zero-order valence-electron chi connectivity index (χ0n) is 9.86. The number of aromatic nitrogens is 2. The van der Waals surface area contributed by atoms with E-state index in [0.717, 1.165) is 29.5 Å². The van der Waals surface area contributed by atoms with Crippen molar-refractivity contribution in [3.8, 4) is 5.69 Å². The smallest absolute Gasteiger partial charge is 0.0660 e. The lowest BCUT2D eigenvalue weighted by Gasteiger charge is -2.05. The Hall–Kier alpha value is -1.13. The van der Waals surface area contributed by atoms with Crippen LogP contribution in [0.5, 0.6) is 0 Å². The summed E-state index contributed by atoms with van der Waals surface area (Å²) in [6, 6.07) is 8.14. The number of halogens is 1. The molecule has 0 radical (unpaired) electrons. The average Bonchev–Trinajstić information content (AvgIpc) is 2.68. The van der Waals surface area contributed by atoms with E-state index in [1.807, 2.05) is 23.0 Å². The van der Waals surface area contributed by atoms with E-state index in [9.17, 15) is 0 Å². The minimum absolute atomic E-state index is 0.724. The molecular weight excluding hydrogens is 278 g/mol. The standard InChI is InChI=1S/C13H16BrN3/c1-10-11(4-3-7-15)9-16-17(10)13-6-2-5-12(14)8-13/h2,5-6,8-9H,3-4,7,15H2,1H3. The molecule has 0 amide bonds. The van der Waals surface area contributed by atoms with Crippen LogP contribution in [-0.2, 0) is 6.42 Å². The summed E-state index contributed by atoms with van der Waals surface area (Å²) in [6.45, 7) is 2.82. The van der Waals surface area contributed by atoms with Crippen LogP contribution in [0.25, 0.3) is 5.69 Å². The van der Waals surface area contributed by atoms with Crippen LogP contribution in [0.4, 0.5) is 0 Å². The highest BCUT2D eigenvalue weighted by Gasteiger charge is 2.07. The highest BCUT2D eigenvalue weighted by molar-refractivity contribution is 9.10. The van der Waals surface area contributed by atoms with Gasteiger partial charge in [-0.25, -0.2) is 4.68 Å². The maximum Gasteiger partial charge on any atom is 0.0660 e. The molecule has 1 aromatic heterocycles. The van der Waals surface area contributed by atoms with Crippen molar-refractivity contribution < 1.29 is 0 Å². The number of hydrogen-bond acceptors (Lipinski definition) is 2. The maximum absolute atomic E-state index is 5.53. The summed E-state index contributed by atoms with van der Waals surface area (Å²) in [7, 11) is 0. The lowest BCUT2D eigenvalue weighted by Crippen LogP contribution is -2.02. The quantitative estimate of drug-likeness (QED) is 0.942. The molecule has 0 saturated carbocycles. The Morgan fingerprint density at radius 3 is 2.94 bits per heavy atom. The van der Waals surface area contributed by atoms with E-state index >= 15 is 0 Å². The number of aryl methyl sites for hydroxylation is 1. The van der Waals surface area contributed by atoms with Crippen molar-refractivity contribution in [3.05, 3.63) is 46.2 Å². The van der Waals surface area contributed by atoms with Crippen LogP contribution in [0.15, 0.2) is 34.9 Å². The van der Waals surface area contributed by atoms with Crippen LogP contribution in [0.1, 0.15) is 17.7 Å². The normalized spacial score (nSPS) is 10.8. The van der Waals surface area contributed by atoms with Gasteiger partial charge in [0.1, 0.15) is 0 Å². The van der Waals surface area contributed by atoms with Gasteiger partial charge in [-0.2, -0.15) is 5.10 Å². The van der Waals surface area contributed by atoms with Gasteiger partial charge < -0.3 is 5.73 Å². The third kappa shape index (κ3) is 2.76. The van der Waals surface area contributed by atoms with Gasteiger partial charge in [0.05, 0.1) is 11.9 Å². The molecule has 2 aromatic rings. The van der Waals surface area contributed by atoms with Crippen LogP contribution >= 0.6 is 15.9 Å². The molecule has 0 aliphatic rings. The van der Waals surface area contributed by atoms with E-state index in [2.05, 4.69) is 40.1 Å². The highest BCUT2D eigenvalue weighted by Crippen LogP contribution is 2.18.